The molecule has 2 atom stereocenters. The molecule has 0 unspecified atom stereocenters. The number of thioether (sulfide) groups is 1. The molecule has 1 aliphatic carbocycles. The van der Waals surface area contributed by atoms with Crippen LogP contribution in [0.1, 0.15) is 30.1 Å². The van der Waals surface area contributed by atoms with Crippen molar-refractivity contribution in [1.29, 1.82) is 0 Å². The minimum atomic E-state index is -0.0958. The van der Waals surface area contributed by atoms with Gasteiger partial charge in [-0.05, 0) is 58.0 Å². The Bertz CT molecular complexity index is 626. The van der Waals surface area contributed by atoms with E-state index >= 15 is 0 Å². The molecule has 0 bridgehead atoms. The molecule has 23 heavy (non-hydrogen) atoms. The van der Waals surface area contributed by atoms with Gasteiger partial charge >= 0.3 is 0 Å². The highest BCUT2D eigenvalue weighted by atomic mass is 32.2. The molecule has 1 heterocycles. The molecule has 1 saturated carbocycles. The summed E-state index contributed by atoms with van der Waals surface area (Å²) in [6.45, 7) is 2.54. The van der Waals surface area contributed by atoms with Gasteiger partial charge in [-0.1, -0.05) is 0 Å². The van der Waals surface area contributed by atoms with Crippen LogP contribution in [0.2, 0.25) is 0 Å². The van der Waals surface area contributed by atoms with Gasteiger partial charge in [0.25, 0.3) is 5.91 Å². The fourth-order valence-corrected chi connectivity index (χ4v) is 3.83. The maximum absolute atomic E-state index is 12.4. The Balaban J connectivity index is 1.66. The number of anilines is 1. The molecule has 6 heteroatoms. The summed E-state index contributed by atoms with van der Waals surface area (Å²) in [6.07, 6.45) is 2.50. The average molecular weight is 333 g/mol. The van der Waals surface area contributed by atoms with Crippen molar-refractivity contribution in [2.24, 2.45) is 5.92 Å². The lowest BCUT2D eigenvalue weighted by atomic mass is 10.1. The van der Waals surface area contributed by atoms with Crippen LogP contribution in [-0.2, 0) is 4.79 Å². The molecule has 5 nitrogen and oxygen atoms in total. The second-order valence-electron chi connectivity index (χ2n) is 6.54. The summed E-state index contributed by atoms with van der Waals surface area (Å²) in [5.74, 6) is 0.602. The zero-order valence-electron chi connectivity index (χ0n) is 13.8. The summed E-state index contributed by atoms with van der Waals surface area (Å²) in [4.78, 5) is 27.4. The average Bonchev–Trinajstić information content (AvgIpc) is 3.32. The second kappa shape index (κ2) is 6.53. The Morgan fingerprint density at radius 1 is 1.43 bits per heavy atom. The number of fused-ring (bicyclic) bond motifs is 1. The van der Waals surface area contributed by atoms with Crippen LogP contribution in [0, 0.1) is 5.92 Å². The maximum atomic E-state index is 12.4. The number of carbonyl (C=O) groups is 2. The van der Waals surface area contributed by atoms with Gasteiger partial charge in [-0.2, -0.15) is 0 Å². The van der Waals surface area contributed by atoms with Gasteiger partial charge in [0.05, 0.1) is 10.9 Å². The number of benzene rings is 1. The Kier molecular flexibility index (Phi) is 4.64. The van der Waals surface area contributed by atoms with Crippen molar-refractivity contribution < 1.29 is 9.59 Å². The van der Waals surface area contributed by atoms with E-state index in [1.165, 1.54) is 24.6 Å². The summed E-state index contributed by atoms with van der Waals surface area (Å²) in [6, 6.07) is 5.90. The van der Waals surface area contributed by atoms with E-state index in [1.807, 2.05) is 19.1 Å². The second-order valence-corrected chi connectivity index (χ2v) is 7.92. The highest BCUT2D eigenvalue weighted by Gasteiger charge is 2.32. The SMILES string of the molecule is C[C@H]1Sc2ccc(C(=O)NC[C@@H](C3CC3)N(C)C)cc2NC1=O. The largest absolute Gasteiger partial charge is 0.350 e. The predicted octanol–water partition coefficient (Wildman–Crippen LogP) is 2.19. The van der Waals surface area contributed by atoms with Crippen LogP contribution in [0.3, 0.4) is 0 Å². The number of rotatable bonds is 5. The van der Waals surface area contributed by atoms with Crippen LogP contribution in [-0.4, -0.2) is 48.6 Å². The summed E-state index contributed by atoms with van der Waals surface area (Å²) in [7, 11) is 4.12. The number of hydrogen-bond acceptors (Lipinski definition) is 4. The molecule has 0 spiro atoms. The Hall–Kier alpha value is -1.53. The van der Waals surface area contributed by atoms with Crippen LogP contribution in [0.5, 0.6) is 0 Å². The van der Waals surface area contributed by atoms with E-state index in [1.54, 1.807) is 6.07 Å². The fourth-order valence-electron chi connectivity index (χ4n) is 2.90. The third kappa shape index (κ3) is 3.70. The first-order chi connectivity index (χ1) is 11.0. The normalized spacial score (nSPS) is 21.6. The van der Waals surface area contributed by atoms with E-state index in [4.69, 9.17) is 0 Å². The van der Waals surface area contributed by atoms with Crippen LogP contribution in [0.25, 0.3) is 0 Å². The maximum Gasteiger partial charge on any atom is 0.251 e. The van der Waals surface area contributed by atoms with Gasteiger partial charge in [-0.15, -0.1) is 11.8 Å². The molecule has 0 aromatic heterocycles. The first kappa shape index (κ1) is 16.3. The topological polar surface area (TPSA) is 61.4 Å². The first-order valence-corrected chi connectivity index (χ1v) is 8.90. The van der Waals surface area contributed by atoms with E-state index in [0.717, 1.165) is 10.6 Å². The van der Waals surface area contributed by atoms with E-state index < -0.39 is 0 Å². The van der Waals surface area contributed by atoms with E-state index in [0.29, 0.717) is 24.1 Å². The van der Waals surface area contributed by atoms with Gasteiger partial charge < -0.3 is 15.5 Å². The molecule has 2 amide bonds. The van der Waals surface area contributed by atoms with Crippen LogP contribution < -0.4 is 10.6 Å². The van der Waals surface area contributed by atoms with Crippen molar-refractivity contribution >= 4 is 29.3 Å². The third-order valence-corrected chi connectivity index (χ3v) is 5.65. The molecule has 1 aromatic rings. The van der Waals surface area contributed by atoms with Crippen LogP contribution >= 0.6 is 11.8 Å². The van der Waals surface area contributed by atoms with E-state index in [2.05, 4.69) is 29.6 Å². The lowest BCUT2D eigenvalue weighted by Gasteiger charge is -2.25. The first-order valence-electron chi connectivity index (χ1n) is 8.02. The highest BCUT2D eigenvalue weighted by Crippen LogP contribution is 2.36. The number of nitrogens with one attached hydrogen (secondary N) is 2. The molecule has 0 radical (unpaired) electrons. The third-order valence-electron chi connectivity index (χ3n) is 4.47. The summed E-state index contributed by atoms with van der Waals surface area (Å²) >= 11 is 1.52. The molecule has 124 valence electrons. The molecule has 2 N–H and O–H groups in total. The standard InChI is InChI=1S/C17H23N3O2S/c1-10-16(21)19-13-8-12(6-7-15(13)23-10)17(22)18-9-14(20(2)3)11-4-5-11/h6-8,10-11,14H,4-5,9H2,1-3H3,(H,18,22)(H,19,21)/t10-,14+/m1/s1. The molecular weight excluding hydrogens is 310 g/mol. The quantitative estimate of drug-likeness (QED) is 0.867. The minimum absolute atomic E-state index is 0.0125. The number of amides is 2. The molecular formula is C17H23N3O2S. The summed E-state index contributed by atoms with van der Waals surface area (Å²) < 4.78 is 0. The molecule has 3 rings (SSSR count). The molecule has 1 fully saturated rings. The van der Waals surface area contributed by atoms with Crippen LogP contribution in [0.15, 0.2) is 23.1 Å². The van der Waals surface area contributed by atoms with E-state index in [9.17, 15) is 9.59 Å². The van der Waals surface area contributed by atoms with Gasteiger partial charge in [0.15, 0.2) is 0 Å². The predicted molar refractivity (Wildman–Crippen MR) is 92.9 cm³/mol. The minimum Gasteiger partial charge on any atom is -0.350 e. The van der Waals surface area contributed by atoms with Gasteiger partial charge in [0.1, 0.15) is 0 Å². The Labute approximate surface area is 141 Å². The van der Waals surface area contributed by atoms with Crippen molar-refractivity contribution in [3.05, 3.63) is 23.8 Å². The number of likely N-dealkylation sites (N-methyl/N-ethyl adjacent to an activating group) is 1. The van der Waals surface area contributed by atoms with Gasteiger partial charge in [-0.25, -0.2) is 0 Å². The monoisotopic (exact) mass is 333 g/mol. The highest BCUT2D eigenvalue weighted by molar-refractivity contribution is 8.00. The molecule has 1 aromatic carbocycles. The van der Waals surface area contributed by atoms with Crippen molar-refractivity contribution in [3.63, 3.8) is 0 Å². The van der Waals surface area contributed by atoms with Gasteiger partial charge in [0, 0.05) is 23.0 Å². The number of hydrogen-bond donors (Lipinski definition) is 2. The van der Waals surface area contributed by atoms with Crippen molar-refractivity contribution in [3.8, 4) is 0 Å². The van der Waals surface area contributed by atoms with Crippen molar-refractivity contribution in [2.75, 3.05) is 26.0 Å². The van der Waals surface area contributed by atoms with Gasteiger partial charge in [-0.3, -0.25) is 9.59 Å². The number of carbonyl (C=O) groups excluding carboxylic acids is 2. The Morgan fingerprint density at radius 3 is 2.83 bits per heavy atom. The van der Waals surface area contributed by atoms with E-state index in [-0.39, 0.29) is 17.1 Å². The zero-order chi connectivity index (χ0) is 16.6. The Morgan fingerprint density at radius 2 is 2.17 bits per heavy atom. The molecule has 2 aliphatic rings. The zero-order valence-corrected chi connectivity index (χ0v) is 14.6. The van der Waals surface area contributed by atoms with Crippen molar-refractivity contribution in [2.45, 2.75) is 36.0 Å². The lowest BCUT2D eigenvalue weighted by molar-refractivity contribution is -0.115. The summed E-state index contributed by atoms with van der Waals surface area (Å²) in [5.41, 5.74) is 1.32. The lowest BCUT2D eigenvalue weighted by Crippen LogP contribution is -2.41. The molecule has 0 saturated heterocycles. The molecule has 1 aliphatic heterocycles. The van der Waals surface area contributed by atoms with Crippen LogP contribution in [0.4, 0.5) is 5.69 Å². The number of nitrogens with zero attached hydrogens (tertiary/aromatic N) is 1. The van der Waals surface area contributed by atoms with Crippen molar-refractivity contribution in [1.82, 2.24) is 10.2 Å². The fraction of sp³-hybridized carbons (Fsp3) is 0.529. The summed E-state index contributed by atoms with van der Waals surface area (Å²) in [5, 5.41) is 5.80. The smallest absolute Gasteiger partial charge is 0.251 e. The van der Waals surface area contributed by atoms with Gasteiger partial charge in [0.2, 0.25) is 5.91 Å².